The summed E-state index contributed by atoms with van der Waals surface area (Å²) in [5, 5.41) is 5.88. The van der Waals surface area contributed by atoms with Crippen molar-refractivity contribution < 1.29 is 8.42 Å². The van der Waals surface area contributed by atoms with Crippen LogP contribution in [0.15, 0.2) is 5.38 Å². The number of nitrogens with one attached hydrogen (secondary N) is 2. The molecule has 0 spiro atoms. The van der Waals surface area contributed by atoms with E-state index in [9.17, 15) is 8.42 Å². The minimum Gasteiger partial charge on any atom is -0.317 e. The Hall–Kier alpha value is -0.540. The van der Waals surface area contributed by atoms with Crippen molar-refractivity contribution in [2.45, 2.75) is 33.2 Å². The molecule has 6 nitrogen and oxygen atoms in total. The molecule has 1 atom stereocenters. The molecule has 0 aliphatic rings. The third-order valence-corrected chi connectivity index (χ3v) is 5.62. The van der Waals surface area contributed by atoms with E-state index in [4.69, 9.17) is 0 Å². The summed E-state index contributed by atoms with van der Waals surface area (Å²) in [6.45, 7) is 7.94. The molecular weight excluding hydrogens is 296 g/mol. The van der Waals surface area contributed by atoms with Crippen molar-refractivity contribution in [3.05, 3.63) is 16.1 Å². The van der Waals surface area contributed by atoms with Gasteiger partial charge >= 0.3 is 0 Å². The first-order chi connectivity index (χ1) is 9.36. The molecule has 2 N–H and O–H groups in total. The van der Waals surface area contributed by atoms with Crippen LogP contribution >= 0.6 is 11.3 Å². The van der Waals surface area contributed by atoms with Gasteiger partial charge in [-0.15, -0.1) is 11.3 Å². The van der Waals surface area contributed by atoms with Gasteiger partial charge in [-0.25, -0.2) is 4.98 Å². The van der Waals surface area contributed by atoms with E-state index in [0.717, 1.165) is 30.2 Å². The first kappa shape index (κ1) is 17.5. The van der Waals surface area contributed by atoms with Gasteiger partial charge < -0.3 is 5.32 Å². The van der Waals surface area contributed by atoms with Crippen LogP contribution < -0.4 is 10.0 Å². The highest BCUT2D eigenvalue weighted by atomic mass is 32.2. The number of hydrogen-bond acceptors (Lipinski definition) is 5. The molecule has 1 heterocycles. The predicted octanol–water partition coefficient (Wildman–Crippen LogP) is 1.28. The average Bonchev–Trinajstić information content (AvgIpc) is 2.80. The molecule has 0 saturated heterocycles. The number of rotatable bonds is 9. The van der Waals surface area contributed by atoms with E-state index in [1.54, 1.807) is 7.05 Å². The largest absolute Gasteiger partial charge is 0.317 e. The molecule has 8 heteroatoms. The van der Waals surface area contributed by atoms with E-state index < -0.39 is 10.2 Å². The molecule has 0 aromatic carbocycles. The second-order valence-electron chi connectivity index (χ2n) is 4.70. The van der Waals surface area contributed by atoms with Crippen molar-refractivity contribution in [1.82, 2.24) is 19.3 Å². The standard InChI is InChI=1S/C12H24N4O2S2/c1-5-13-7-6-8-16(4)20(17,18)15-11(3)12-14-10(2)9-19-12/h9,11,13,15H,5-8H2,1-4H3. The molecular formula is C12H24N4O2S2. The van der Waals surface area contributed by atoms with E-state index in [2.05, 4.69) is 15.0 Å². The molecule has 1 aromatic heterocycles. The summed E-state index contributed by atoms with van der Waals surface area (Å²) in [6, 6.07) is -0.310. The van der Waals surface area contributed by atoms with Crippen LogP contribution in [0.25, 0.3) is 0 Å². The molecule has 0 saturated carbocycles. The molecule has 0 bridgehead atoms. The van der Waals surface area contributed by atoms with Crippen LogP contribution in [0.2, 0.25) is 0 Å². The average molecular weight is 320 g/mol. The monoisotopic (exact) mass is 320 g/mol. The third kappa shape index (κ3) is 5.45. The maximum Gasteiger partial charge on any atom is 0.279 e. The van der Waals surface area contributed by atoms with E-state index in [1.807, 2.05) is 26.2 Å². The van der Waals surface area contributed by atoms with Crippen LogP contribution in [-0.4, -0.2) is 44.4 Å². The Balaban J connectivity index is 2.51. The van der Waals surface area contributed by atoms with Gasteiger partial charge in [0, 0.05) is 24.7 Å². The molecule has 0 amide bonds. The fraction of sp³-hybridized carbons (Fsp3) is 0.750. The summed E-state index contributed by atoms with van der Waals surface area (Å²) in [6.07, 6.45) is 0.788. The van der Waals surface area contributed by atoms with E-state index >= 15 is 0 Å². The first-order valence-electron chi connectivity index (χ1n) is 6.73. The first-order valence-corrected chi connectivity index (χ1v) is 9.05. The minimum absolute atomic E-state index is 0.310. The summed E-state index contributed by atoms with van der Waals surface area (Å²) in [4.78, 5) is 4.30. The van der Waals surface area contributed by atoms with E-state index in [-0.39, 0.29) is 6.04 Å². The maximum atomic E-state index is 12.2. The molecule has 1 unspecified atom stereocenters. The summed E-state index contributed by atoms with van der Waals surface area (Å²) in [5.74, 6) is 0. The van der Waals surface area contributed by atoms with Crippen molar-refractivity contribution in [2.75, 3.05) is 26.7 Å². The van der Waals surface area contributed by atoms with Gasteiger partial charge in [0.05, 0.1) is 6.04 Å². The highest BCUT2D eigenvalue weighted by Crippen LogP contribution is 2.18. The van der Waals surface area contributed by atoms with Crippen LogP contribution in [0, 0.1) is 6.92 Å². The normalized spacial score (nSPS) is 13.8. The molecule has 20 heavy (non-hydrogen) atoms. The van der Waals surface area contributed by atoms with Gasteiger partial charge in [-0.3, -0.25) is 0 Å². The Morgan fingerprint density at radius 1 is 1.50 bits per heavy atom. The summed E-state index contributed by atoms with van der Waals surface area (Å²) in [7, 11) is -1.87. The van der Waals surface area contributed by atoms with Crippen LogP contribution in [0.3, 0.4) is 0 Å². The molecule has 0 aliphatic heterocycles. The van der Waals surface area contributed by atoms with Crippen molar-refractivity contribution >= 4 is 21.5 Å². The molecule has 0 aliphatic carbocycles. The van der Waals surface area contributed by atoms with Gasteiger partial charge in [-0.1, -0.05) is 6.92 Å². The molecule has 1 aromatic rings. The van der Waals surface area contributed by atoms with Gasteiger partial charge in [-0.2, -0.15) is 17.4 Å². The lowest BCUT2D eigenvalue weighted by Gasteiger charge is -2.20. The van der Waals surface area contributed by atoms with Gasteiger partial charge in [-0.05, 0) is 33.4 Å². The minimum atomic E-state index is -3.46. The smallest absolute Gasteiger partial charge is 0.279 e. The van der Waals surface area contributed by atoms with Gasteiger partial charge in [0.15, 0.2) is 0 Å². The molecule has 1 rings (SSSR count). The summed E-state index contributed by atoms with van der Waals surface area (Å²) in [5.41, 5.74) is 0.912. The maximum absolute atomic E-state index is 12.2. The van der Waals surface area contributed by atoms with Gasteiger partial charge in [0.1, 0.15) is 5.01 Å². The Labute approximate surface area is 125 Å². The molecule has 0 radical (unpaired) electrons. The summed E-state index contributed by atoms with van der Waals surface area (Å²) >= 11 is 1.47. The molecule has 0 fully saturated rings. The second kappa shape index (κ2) is 8.04. The zero-order chi connectivity index (χ0) is 15.2. The van der Waals surface area contributed by atoms with Crippen molar-refractivity contribution in [2.24, 2.45) is 0 Å². The van der Waals surface area contributed by atoms with Crippen LogP contribution in [0.4, 0.5) is 0 Å². The highest BCUT2D eigenvalue weighted by molar-refractivity contribution is 7.87. The van der Waals surface area contributed by atoms with Crippen LogP contribution in [-0.2, 0) is 10.2 Å². The molecule has 116 valence electrons. The lowest BCUT2D eigenvalue weighted by molar-refractivity contribution is 0.439. The fourth-order valence-electron chi connectivity index (χ4n) is 1.66. The quantitative estimate of drug-likeness (QED) is 0.672. The number of thiazole rings is 1. The van der Waals surface area contributed by atoms with Crippen LogP contribution in [0.1, 0.15) is 37.0 Å². The van der Waals surface area contributed by atoms with Gasteiger partial charge in [0.2, 0.25) is 0 Å². The summed E-state index contributed by atoms with van der Waals surface area (Å²) < 4.78 is 28.3. The number of aromatic nitrogens is 1. The topological polar surface area (TPSA) is 74.3 Å². The zero-order valence-electron chi connectivity index (χ0n) is 12.5. The fourth-order valence-corrected chi connectivity index (χ4v) is 3.64. The number of hydrogen-bond donors (Lipinski definition) is 2. The van der Waals surface area contributed by atoms with Crippen molar-refractivity contribution in [3.63, 3.8) is 0 Å². The Kier molecular flexibility index (Phi) is 7.04. The van der Waals surface area contributed by atoms with Crippen LogP contribution in [0.5, 0.6) is 0 Å². The Morgan fingerprint density at radius 3 is 2.75 bits per heavy atom. The third-order valence-electron chi connectivity index (χ3n) is 2.82. The lowest BCUT2D eigenvalue weighted by Crippen LogP contribution is -2.40. The van der Waals surface area contributed by atoms with Crippen molar-refractivity contribution in [3.8, 4) is 0 Å². The SMILES string of the molecule is CCNCCCN(C)S(=O)(=O)NC(C)c1nc(C)cs1. The lowest BCUT2D eigenvalue weighted by atomic mass is 10.4. The second-order valence-corrected chi connectivity index (χ2v) is 7.40. The number of nitrogens with zero attached hydrogens (tertiary/aromatic N) is 2. The zero-order valence-corrected chi connectivity index (χ0v) is 14.1. The van der Waals surface area contributed by atoms with E-state index in [0.29, 0.717) is 6.54 Å². The van der Waals surface area contributed by atoms with Gasteiger partial charge in [0.25, 0.3) is 10.2 Å². The Bertz CT molecular complexity index is 501. The number of aryl methyl sites for hydroxylation is 1. The Morgan fingerprint density at radius 2 is 2.20 bits per heavy atom. The highest BCUT2D eigenvalue weighted by Gasteiger charge is 2.21. The van der Waals surface area contributed by atoms with E-state index in [1.165, 1.54) is 15.6 Å². The van der Waals surface area contributed by atoms with Crippen molar-refractivity contribution in [1.29, 1.82) is 0 Å². The predicted molar refractivity (Wildman–Crippen MR) is 83.1 cm³/mol.